The molecule has 4 rings (SSSR count). The van der Waals surface area contributed by atoms with E-state index in [1.165, 1.54) is 11.8 Å². The van der Waals surface area contributed by atoms with E-state index in [1.54, 1.807) is 4.90 Å². The van der Waals surface area contributed by atoms with Crippen molar-refractivity contribution >= 4 is 17.7 Å². The van der Waals surface area contributed by atoms with Crippen LogP contribution in [0.15, 0.2) is 90.1 Å². The number of rotatable bonds is 10. The molecule has 0 spiro atoms. The molecule has 0 aliphatic carbocycles. The molecule has 0 N–H and O–H groups in total. The van der Waals surface area contributed by atoms with Crippen molar-refractivity contribution in [3.63, 3.8) is 0 Å². The van der Waals surface area contributed by atoms with Gasteiger partial charge in [-0.1, -0.05) is 72.4 Å². The number of benzene rings is 3. The summed E-state index contributed by atoms with van der Waals surface area (Å²) in [6.45, 7) is 5.06. The van der Waals surface area contributed by atoms with Gasteiger partial charge in [0.2, 0.25) is 5.91 Å². The van der Waals surface area contributed by atoms with Gasteiger partial charge in [0.05, 0.1) is 11.9 Å². The maximum atomic E-state index is 13.1. The third-order valence-electron chi connectivity index (χ3n) is 5.58. The van der Waals surface area contributed by atoms with Gasteiger partial charge in [0.1, 0.15) is 11.6 Å². The van der Waals surface area contributed by atoms with Gasteiger partial charge in [-0.2, -0.15) is 0 Å². The van der Waals surface area contributed by atoms with E-state index >= 15 is 0 Å². The Labute approximate surface area is 211 Å². The number of thioether (sulfide) groups is 1. The van der Waals surface area contributed by atoms with Gasteiger partial charge in [0.25, 0.3) is 0 Å². The second-order valence-electron chi connectivity index (χ2n) is 8.26. The molecule has 0 fully saturated rings. The molecule has 0 aliphatic rings. The van der Waals surface area contributed by atoms with Crippen LogP contribution in [-0.2, 0) is 17.8 Å². The smallest absolute Gasteiger partial charge is 0.235 e. The zero-order valence-corrected chi connectivity index (χ0v) is 21.1. The molecular formula is C28H30N4O2S. The van der Waals surface area contributed by atoms with E-state index < -0.39 is 0 Å². The SMILES string of the molecule is CCOc1ccc(-n2c(Cc3ccccc3)nnc2SC(C)C(=O)N(C)Cc2ccccc2)cc1. The second-order valence-corrected chi connectivity index (χ2v) is 9.57. The van der Waals surface area contributed by atoms with Gasteiger partial charge in [0.15, 0.2) is 5.16 Å². The third-order valence-corrected chi connectivity index (χ3v) is 6.61. The number of aromatic nitrogens is 3. The van der Waals surface area contributed by atoms with Crippen LogP contribution in [0.2, 0.25) is 0 Å². The molecule has 6 nitrogen and oxygen atoms in total. The Hall–Kier alpha value is -3.58. The lowest BCUT2D eigenvalue weighted by atomic mass is 10.1. The standard InChI is InChI=1S/C28H30N4O2S/c1-4-34-25-17-15-24(16-18-25)32-26(19-22-11-7-5-8-12-22)29-30-28(32)35-21(2)27(33)31(3)20-23-13-9-6-10-14-23/h5-18,21H,4,19-20H2,1-3H3. The minimum Gasteiger partial charge on any atom is -0.494 e. The summed E-state index contributed by atoms with van der Waals surface area (Å²) in [5.74, 6) is 1.68. The van der Waals surface area contributed by atoms with Gasteiger partial charge in [-0.25, -0.2) is 0 Å². The topological polar surface area (TPSA) is 60.2 Å². The molecule has 35 heavy (non-hydrogen) atoms. The van der Waals surface area contributed by atoms with Crippen LogP contribution in [-0.4, -0.2) is 44.5 Å². The van der Waals surface area contributed by atoms with Gasteiger partial charge in [-0.05, 0) is 49.2 Å². The van der Waals surface area contributed by atoms with Crippen molar-refractivity contribution in [2.75, 3.05) is 13.7 Å². The lowest BCUT2D eigenvalue weighted by Gasteiger charge is -2.21. The summed E-state index contributed by atoms with van der Waals surface area (Å²) >= 11 is 1.42. The molecule has 0 saturated carbocycles. The lowest BCUT2D eigenvalue weighted by molar-refractivity contribution is -0.129. The fourth-order valence-electron chi connectivity index (χ4n) is 3.84. The van der Waals surface area contributed by atoms with E-state index in [0.717, 1.165) is 28.4 Å². The van der Waals surface area contributed by atoms with Crippen molar-refractivity contribution in [1.82, 2.24) is 19.7 Å². The van der Waals surface area contributed by atoms with Crippen LogP contribution in [0.25, 0.3) is 5.69 Å². The second kappa shape index (κ2) is 11.7. The maximum Gasteiger partial charge on any atom is 0.235 e. The average molecular weight is 487 g/mol. The highest BCUT2D eigenvalue weighted by Gasteiger charge is 2.23. The predicted octanol–water partition coefficient (Wildman–Crippen LogP) is 5.40. The van der Waals surface area contributed by atoms with Gasteiger partial charge >= 0.3 is 0 Å². The number of amides is 1. The zero-order chi connectivity index (χ0) is 24.6. The molecule has 0 aliphatic heterocycles. The molecule has 1 aromatic heterocycles. The van der Waals surface area contributed by atoms with Crippen molar-refractivity contribution < 1.29 is 9.53 Å². The molecule has 3 aromatic carbocycles. The summed E-state index contributed by atoms with van der Waals surface area (Å²) in [5.41, 5.74) is 3.18. The minimum atomic E-state index is -0.320. The quantitative estimate of drug-likeness (QED) is 0.281. The first kappa shape index (κ1) is 24.5. The summed E-state index contributed by atoms with van der Waals surface area (Å²) < 4.78 is 7.65. The normalized spacial score (nSPS) is 11.7. The van der Waals surface area contributed by atoms with Crippen LogP contribution in [0.5, 0.6) is 5.75 Å². The van der Waals surface area contributed by atoms with Crippen molar-refractivity contribution in [1.29, 1.82) is 0 Å². The first-order valence-corrected chi connectivity index (χ1v) is 12.6. The molecule has 1 amide bonds. The first-order chi connectivity index (χ1) is 17.0. The summed E-state index contributed by atoms with van der Waals surface area (Å²) in [7, 11) is 1.84. The third kappa shape index (κ3) is 6.31. The summed E-state index contributed by atoms with van der Waals surface area (Å²) in [6, 6.07) is 28.1. The largest absolute Gasteiger partial charge is 0.494 e. The van der Waals surface area contributed by atoms with Gasteiger partial charge in [-0.15, -0.1) is 10.2 Å². The highest BCUT2D eigenvalue weighted by atomic mass is 32.2. The number of carbonyl (C=O) groups is 1. The lowest BCUT2D eigenvalue weighted by Crippen LogP contribution is -2.33. The Kier molecular flexibility index (Phi) is 8.21. The Balaban J connectivity index is 1.58. The summed E-state index contributed by atoms with van der Waals surface area (Å²) in [6.07, 6.45) is 0.637. The molecule has 1 unspecified atom stereocenters. The number of carbonyl (C=O) groups excluding carboxylic acids is 1. The molecule has 1 heterocycles. The fourth-order valence-corrected chi connectivity index (χ4v) is 4.84. The summed E-state index contributed by atoms with van der Waals surface area (Å²) in [5, 5.41) is 9.36. The molecule has 0 bridgehead atoms. The highest BCUT2D eigenvalue weighted by Crippen LogP contribution is 2.28. The van der Waals surface area contributed by atoms with Crippen LogP contribution in [0.3, 0.4) is 0 Å². The van der Waals surface area contributed by atoms with Crippen molar-refractivity contribution in [2.24, 2.45) is 0 Å². The van der Waals surface area contributed by atoms with E-state index in [2.05, 4.69) is 22.3 Å². The molecule has 1 atom stereocenters. The van der Waals surface area contributed by atoms with Gasteiger partial charge < -0.3 is 9.64 Å². The number of hydrogen-bond acceptors (Lipinski definition) is 5. The Morgan fingerprint density at radius 1 is 0.943 bits per heavy atom. The maximum absolute atomic E-state index is 13.1. The van der Waals surface area contributed by atoms with Crippen LogP contribution in [0, 0.1) is 0 Å². The number of ether oxygens (including phenoxy) is 1. The average Bonchev–Trinajstić information content (AvgIpc) is 3.27. The highest BCUT2D eigenvalue weighted by molar-refractivity contribution is 8.00. The van der Waals surface area contributed by atoms with Crippen molar-refractivity contribution in [2.45, 2.75) is 37.2 Å². The number of nitrogens with zero attached hydrogens (tertiary/aromatic N) is 4. The molecule has 7 heteroatoms. The van der Waals surface area contributed by atoms with Gasteiger partial charge in [0, 0.05) is 25.7 Å². The van der Waals surface area contributed by atoms with Crippen LogP contribution in [0.4, 0.5) is 0 Å². The number of hydrogen-bond donors (Lipinski definition) is 0. The minimum absolute atomic E-state index is 0.0460. The van der Waals surface area contributed by atoms with E-state index in [-0.39, 0.29) is 11.2 Å². The molecule has 0 radical (unpaired) electrons. The van der Waals surface area contributed by atoms with Crippen molar-refractivity contribution in [3.8, 4) is 11.4 Å². The summed E-state index contributed by atoms with van der Waals surface area (Å²) in [4.78, 5) is 14.9. The van der Waals surface area contributed by atoms with E-state index in [1.807, 2.05) is 98.3 Å². The Bertz CT molecular complexity index is 1230. The monoisotopic (exact) mass is 486 g/mol. The first-order valence-electron chi connectivity index (χ1n) is 11.7. The molecule has 180 valence electrons. The van der Waals surface area contributed by atoms with Gasteiger partial charge in [-0.3, -0.25) is 9.36 Å². The zero-order valence-electron chi connectivity index (χ0n) is 20.3. The van der Waals surface area contributed by atoms with E-state index in [0.29, 0.717) is 24.7 Å². The predicted molar refractivity (Wildman–Crippen MR) is 140 cm³/mol. The molecular weight excluding hydrogens is 456 g/mol. The van der Waals surface area contributed by atoms with Crippen molar-refractivity contribution in [3.05, 3.63) is 102 Å². The van der Waals surface area contributed by atoms with Crippen LogP contribution in [0.1, 0.15) is 30.8 Å². The van der Waals surface area contributed by atoms with Crippen LogP contribution < -0.4 is 4.74 Å². The molecule has 0 saturated heterocycles. The molecule has 4 aromatic rings. The fraction of sp³-hybridized carbons (Fsp3) is 0.250. The Morgan fingerprint density at radius 3 is 2.20 bits per heavy atom. The van der Waals surface area contributed by atoms with Crippen LogP contribution >= 0.6 is 11.8 Å². The van der Waals surface area contributed by atoms with E-state index in [4.69, 9.17) is 4.74 Å². The Morgan fingerprint density at radius 2 is 1.57 bits per heavy atom. The van der Waals surface area contributed by atoms with E-state index in [9.17, 15) is 4.79 Å².